The Bertz CT molecular complexity index is 1110. The van der Waals surface area contributed by atoms with Gasteiger partial charge in [0.25, 0.3) is 5.56 Å². The van der Waals surface area contributed by atoms with E-state index in [1.165, 1.54) is 6.92 Å². The van der Waals surface area contributed by atoms with Gasteiger partial charge in [-0.2, -0.15) is 0 Å². The smallest absolute Gasteiger partial charge is 0.258 e. The molecule has 1 heterocycles. The van der Waals surface area contributed by atoms with Crippen molar-refractivity contribution < 1.29 is 9.59 Å². The molecule has 0 atom stereocenters. The van der Waals surface area contributed by atoms with E-state index < -0.39 is 0 Å². The zero-order valence-corrected chi connectivity index (χ0v) is 17.3. The second-order valence-electron chi connectivity index (χ2n) is 7.28. The predicted molar refractivity (Wildman–Crippen MR) is 118 cm³/mol. The number of anilines is 1. The highest BCUT2D eigenvalue weighted by molar-refractivity contribution is 5.97. The Labute approximate surface area is 175 Å². The van der Waals surface area contributed by atoms with Gasteiger partial charge in [-0.3, -0.25) is 19.3 Å². The molecule has 0 saturated carbocycles. The molecule has 0 aliphatic heterocycles. The van der Waals surface area contributed by atoms with E-state index in [9.17, 15) is 14.4 Å². The number of carbonyl (C=O) groups excluding carboxylic acids is 2. The molecular formula is C23H26N4O3. The molecule has 0 bridgehead atoms. The maximum absolute atomic E-state index is 12.6. The summed E-state index contributed by atoms with van der Waals surface area (Å²) in [4.78, 5) is 45.8. The molecule has 1 amide bonds. The molecule has 1 aromatic heterocycles. The van der Waals surface area contributed by atoms with Gasteiger partial charge in [0.15, 0.2) is 5.78 Å². The van der Waals surface area contributed by atoms with Gasteiger partial charge in [-0.15, -0.1) is 0 Å². The molecule has 0 fully saturated rings. The number of carbonyl (C=O) groups is 2. The lowest BCUT2D eigenvalue weighted by molar-refractivity contribution is -0.117. The molecule has 2 N–H and O–H groups in total. The fourth-order valence-corrected chi connectivity index (χ4v) is 3.24. The SMILES string of the molecule is CCCCN(CC(=O)Nc1cccc(C(C)=O)c1)Cc1nc2ccccc2c(=O)[nH]1. The van der Waals surface area contributed by atoms with Gasteiger partial charge in [0.1, 0.15) is 5.82 Å². The van der Waals surface area contributed by atoms with Crippen LogP contribution in [0.25, 0.3) is 10.9 Å². The van der Waals surface area contributed by atoms with Crippen molar-refractivity contribution in [1.29, 1.82) is 0 Å². The second-order valence-corrected chi connectivity index (χ2v) is 7.28. The highest BCUT2D eigenvalue weighted by Crippen LogP contribution is 2.12. The number of aromatic amines is 1. The van der Waals surface area contributed by atoms with E-state index >= 15 is 0 Å². The van der Waals surface area contributed by atoms with Crippen LogP contribution >= 0.6 is 0 Å². The van der Waals surface area contributed by atoms with Crippen LogP contribution < -0.4 is 10.9 Å². The summed E-state index contributed by atoms with van der Waals surface area (Å²) in [7, 11) is 0. The van der Waals surface area contributed by atoms with Gasteiger partial charge < -0.3 is 10.3 Å². The first-order valence-corrected chi connectivity index (χ1v) is 10.1. The van der Waals surface area contributed by atoms with Crippen LogP contribution in [0.15, 0.2) is 53.3 Å². The third kappa shape index (κ3) is 5.61. The Kier molecular flexibility index (Phi) is 7.08. The van der Waals surface area contributed by atoms with Crippen molar-refractivity contribution in [2.75, 3.05) is 18.4 Å². The first kappa shape index (κ1) is 21.4. The maximum Gasteiger partial charge on any atom is 0.258 e. The van der Waals surface area contributed by atoms with E-state index in [0.717, 1.165) is 12.8 Å². The van der Waals surface area contributed by atoms with Gasteiger partial charge >= 0.3 is 0 Å². The summed E-state index contributed by atoms with van der Waals surface area (Å²) < 4.78 is 0. The number of aromatic nitrogens is 2. The van der Waals surface area contributed by atoms with E-state index in [-0.39, 0.29) is 23.8 Å². The Hall–Kier alpha value is -3.32. The Morgan fingerprint density at radius 2 is 1.93 bits per heavy atom. The fraction of sp³-hybridized carbons (Fsp3) is 0.304. The van der Waals surface area contributed by atoms with Crippen molar-refractivity contribution >= 4 is 28.3 Å². The number of fused-ring (bicyclic) bond motifs is 1. The lowest BCUT2D eigenvalue weighted by atomic mass is 10.1. The van der Waals surface area contributed by atoms with Crippen LogP contribution in [0.5, 0.6) is 0 Å². The van der Waals surface area contributed by atoms with Crippen LogP contribution in [-0.4, -0.2) is 39.6 Å². The number of para-hydroxylation sites is 1. The van der Waals surface area contributed by atoms with E-state index in [1.54, 1.807) is 42.5 Å². The fourth-order valence-electron chi connectivity index (χ4n) is 3.24. The van der Waals surface area contributed by atoms with E-state index in [1.807, 2.05) is 11.0 Å². The minimum atomic E-state index is -0.185. The Morgan fingerprint density at radius 1 is 1.13 bits per heavy atom. The zero-order chi connectivity index (χ0) is 21.5. The van der Waals surface area contributed by atoms with E-state index in [4.69, 9.17) is 0 Å². The molecule has 7 heteroatoms. The minimum Gasteiger partial charge on any atom is -0.325 e. The molecule has 3 aromatic rings. The van der Waals surface area contributed by atoms with Crippen molar-refractivity contribution in [3.63, 3.8) is 0 Å². The van der Waals surface area contributed by atoms with Crippen molar-refractivity contribution in [3.05, 3.63) is 70.3 Å². The van der Waals surface area contributed by atoms with Crippen molar-refractivity contribution in [2.45, 2.75) is 33.2 Å². The number of nitrogens with zero attached hydrogens (tertiary/aromatic N) is 2. The van der Waals surface area contributed by atoms with E-state index in [2.05, 4.69) is 22.2 Å². The number of rotatable bonds is 9. The average molecular weight is 406 g/mol. The van der Waals surface area contributed by atoms with Crippen molar-refractivity contribution in [1.82, 2.24) is 14.9 Å². The molecule has 0 aliphatic carbocycles. The zero-order valence-electron chi connectivity index (χ0n) is 17.3. The van der Waals surface area contributed by atoms with Gasteiger partial charge in [-0.1, -0.05) is 37.6 Å². The normalized spacial score (nSPS) is 11.0. The number of hydrogen-bond acceptors (Lipinski definition) is 5. The highest BCUT2D eigenvalue weighted by atomic mass is 16.2. The van der Waals surface area contributed by atoms with Crippen LogP contribution in [0, 0.1) is 0 Å². The molecule has 0 radical (unpaired) electrons. The molecule has 0 unspecified atom stereocenters. The lowest BCUT2D eigenvalue weighted by Gasteiger charge is -2.21. The van der Waals surface area contributed by atoms with Crippen LogP contribution in [-0.2, 0) is 11.3 Å². The van der Waals surface area contributed by atoms with Crippen LogP contribution in [0.2, 0.25) is 0 Å². The van der Waals surface area contributed by atoms with Crippen molar-refractivity contribution in [2.24, 2.45) is 0 Å². The number of ketones is 1. The predicted octanol–water partition coefficient (Wildman–Crippen LogP) is 3.37. The van der Waals surface area contributed by atoms with Gasteiger partial charge in [-0.25, -0.2) is 4.98 Å². The minimum absolute atomic E-state index is 0.0537. The number of benzene rings is 2. The molecule has 3 rings (SSSR count). The largest absolute Gasteiger partial charge is 0.325 e. The summed E-state index contributed by atoms with van der Waals surface area (Å²) in [6, 6.07) is 14.1. The Balaban J connectivity index is 1.73. The Morgan fingerprint density at radius 3 is 2.70 bits per heavy atom. The summed E-state index contributed by atoms with van der Waals surface area (Å²) in [5, 5.41) is 3.39. The van der Waals surface area contributed by atoms with Gasteiger partial charge in [0.2, 0.25) is 5.91 Å². The molecule has 7 nitrogen and oxygen atoms in total. The van der Waals surface area contributed by atoms with Crippen LogP contribution in [0.4, 0.5) is 5.69 Å². The third-order valence-electron chi connectivity index (χ3n) is 4.78. The second kappa shape index (κ2) is 9.93. The summed E-state index contributed by atoms with van der Waals surface area (Å²) in [5.41, 5.74) is 1.59. The first-order valence-electron chi connectivity index (χ1n) is 10.1. The molecule has 0 aliphatic rings. The molecule has 0 spiro atoms. The maximum atomic E-state index is 12.6. The molecular weight excluding hydrogens is 380 g/mol. The van der Waals surface area contributed by atoms with Gasteiger partial charge in [0.05, 0.1) is 24.0 Å². The molecule has 0 saturated heterocycles. The molecule has 30 heavy (non-hydrogen) atoms. The van der Waals surface area contributed by atoms with Crippen LogP contribution in [0.1, 0.15) is 42.9 Å². The summed E-state index contributed by atoms with van der Waals surface area (Å²) in [6.07, 6.45) is 1.91. The monoisotopic (exact) mass is 406 g/mol. The van der Waals surface area contributed by atoms with E-state index in [0.29, 0.717) is 41.1 Å². The number of Topliss-reactive ketones (excluding diaryl/α,β-unsaturated/α-hetero) is 1. The highest BCUT2D eigenvalue weighted by Gasteiger charge is 2.14. The number of hydrogen-bond donors (Lipinski definition) is 2. The average Bonchev–Trinajstić information content (AvgIpc) is 2.72. The first-order chi connectivity index (χ1) is 14.5. The van der Waals surface area contributed by atoms with Crippen molar-refractivity contribution in [3.8, 4) is 0 Å². The lowest BCUT2D eigenvalue weighted by Crippen LogP contribution is -2.34. The number of unbranched alkanes of at least 4 members (excludes halogenated alkanes) is 1. The van der Waals surface area contributed by atoms with Gasteiger partial charge in [0, 0.05) is 11.3 Å². The summed E-state index contributed by atoms with van der Waals surface area (Å²) in [6.45, 7) is 4.79. The number of H-pyrrole nitrogens is 1. The number of nitrogens with one attached hydrogen (secondary N) is 2. The van der Waals surface area contributed by atoms with Crippen LogP contribution in [0.3, 0.4) is 0 Å². The molecule has 156 valence electrons. The van der Waals surface area contributed by atoms with Gasteiger partial charge in [-0.05, 0) is 44.2 Å². The quantitative estimate of drug-likeness (QED) is 0.531. The topological polar surface area (TPSA) is 95.2 Å². The standard InChI is InChI=1S/C23H26N4O3/c1-3-4-12-27(14-21-25-20-11-6-5-10-19(20)23(30)26-21)15-22(29)24-18-9-7-8-17(13-18)16(2)28/h5-11,13H,3-4,12,14-15H2,1-2H3,(H,24,29)(H,25,26,30). The summed E-state index contributed by atoms with van der Waals surface area (Å²) in [5.74, 6) is 0.290. The molecule has 2 aromatic carbocycles. The third-order valence-corrected chi connectivity index (χ3v) is 4.78. The summed E-state index contributed by atoms with van der Waals surface area (Å²) >= 11 is 0. The number of amides is 1.